The number of aromatic nitrogens is 1. The van der Waals surface area contributed by atoms with Gasteiger partial charge in [0.2, 0.25) is 5.91 Å². The van der Waals surface area contributed by atoms with E-state index in [9.17, 15) is 4.79 Å². The van der Waals surface area contributed by atoms with Crippen molar-refractivity contribution in [1.29, 1.82) is 0 Å². The number of hydrogen-bond donors (Lipinski definition) is 1. The van der Waals surface area contributed by atoms with Gasteiger partial charge in [-0.3, -0.25) is 4.79 Å². The van der Waals surface area contributed by atoms with Gasteiger partial charge in [-0.05, 0) is 29.9 Å². The molecule has 0 aliphatic rings. The number of hydrogen-bond acceptors (Lipinski definition) is 1. The first-order valence-corrected chi connectivity index (χ1v) is 7.09. The monoisotopic (exact) mass is 258 g/mol. The summed E-state index contributed by atoms with van der Waals surface area (Å²) >= 11 is 0. The van der Waals surface area contributed by atoms with Crippen LogP contribution in [-0.4, -0.2) is 17.0 Å². The molecule has 1 heterocycles. The third kappa shape index (κ3) is 3.16. The van der Waals surface area contributed by atoms with E-state index in [1.54, 1.807) is 0 Å². The van der Waals surface area contributed by atoms with Gasteiger partial charge in [0.1, 0.15) is 6.54 Å². The van der Waals surface area contributed by atoms with Gasteiger partial charge in [0.25, 0.3) is 0 Å². The summed E-state index contributed by atoms with van der Waals surface area (Å²) in [5, 5.41) is 4.17. The Kier molecular flexibility index (Phi) is 4.61. The molecule has 0 bridgehead atoms. The minimum absolute atomic E-state index is 0.0943. The van der Waals surface area contributed by atoms with Crippen molar-refractivity contribution in [3.63, 3.8) is 0 Å². The van der Waals surface area contributed by atoms with Crippen LogP contribution in [0.3, 0.4) is 0 Å². The number of nitrogens with zero attached hydrogens (tertiary/aromatic N) is 1. The van der Waals surface area contributed by atoms with Crippen LogP contribution in [0.25, 0.3) is 10.9 Å². The van der Waals surface area contributed by atoms with Crippen LogP contribution in [0.4, 0.5) is 0 Å². The summed E-state index contributed by atoms with van der Waals surface area (Å²) in [5.74, 6) is 0.0943. The minimum atomic E-state index is 0.0943. The number of carbonyl (C=O) groups excluding carboxylic acids is 1. The fraction of sp³-hybridized carbons (Fsp3) is 0.438. The number of benzene rings is 1. The molecule has 2 aromatic rings. The molecule has 0 aliphatic heterocycles. The normalized spacial score (nSPS) is 10.8. The van der Waals surface area contributed by atoms with Crippen LogP contribution < -0.4 is 5.32 Å². The quantitative estimate of drug-likeness (QED) is 0.794. The van der Waals surface area contributed by atoms with Gasteiger partial charge in [0, 0.05) is 12.7 Å². The smallest absolute Gasteiger partial charge is 0.239 e. The highest BCUT2D eigenvalue weighted by Gasteiger charge is 2.08. The highest BCUT2D eigenvalue weighted by atomic mass is 16.1. The van der Waals surface area contributed by atoms with Crippen LogP contribution >= 0.6 is 0 Å². The molecular weight excluding hydrogens is 236 g/mol. The van der Waals surface area contributed by atoms with Gasteiger partial charge in [-0.1, -0.05) is 38.5 Å². The predicted molar refractivity (Wildman–Crippen MR) is 79.2 cm³/mol. The molecule has 3 heteroatoms. The number of aryl methyl sites for hydroxylation is 1. The maximum absolute atomic E-state index is 11.9. The van der Waals surface area contributed by atoms with Crippen molar-refractivity contribution in [3.05, 3.63) is 36.0 Å². The van der Waals surface area contributed by atoms with E-state index in [0.29, 0.717) is 6.54 Å². The lowest BCUT2D eigenvalue weighted by Crippen LogP contribution is -2.28. The van der Waals surface area contributed by atoms with Gasteiger partial charge in [-0.2, -0.15) is 0 Å². The number of fused-ring (bicyclic) bond motifs is 1. The van der Waals surface area contributed by atoms with E-state index in [4.69, 9.17) is 0 Å². The van der Waals surface area contributed by atoms with E-state index in [0.717, 1.165) is 25.8 Å². The molecular formula is C16H22N2O. The molecule has 1 amide bonds. The van der Waals surface area contributed by atoms with Crippen molar-refractivity contribution in [2.45, 2.75) is 39.7 Å². The van der Waals surface area contributed by atoms with Crippen molar-refractivity contribution < 1.29 is 4.79 Å². The number of amides is 1. The van der Waals surface area contributed by atoms with Crippen LogP contribution in [0.1, 0.15) is 32.3 Å². The second-order valence-electron chi connectivity index (χ2n) is 4.86. The molecule has 0 radical (unpaired) electrons. The number of para-hydroxylation sites is 1. The van der Waals surface area contributed by atoms with E-state index in [2.05, 4.69) is 48.0 Å². The van der Waals surface area contributed by atoms with Gasteiger partial charge < -0.3 is 9.88 Å². The molecule has 0 aliphatic carbocycles. The number of rotatable bonds is 6. The summed E-state index contributed by atoms with van der Waals surface area (Å²) in [6.07, 6.45) is 5.13. The summed E-state index contributed by atoms with van der Waals surface area (Å²) in [6.45, 7) is 5.45. The van der Waals surface area contributed by atoms with E-state index in [1.165, 1.54) is 16.5 Å². The van der Waals surface area contributed by atoms with Gasteiger partial charge in [-0.15, -0.1) is 0 Å². The lowest BCUT2D eigenvalue weighted by molar-refractivity contribution is -0.121. The first kappa shape index (κ1) is 13.7. The van der Waals surface area contributed by atoms with Crippen LogP contribution in [-0.2, 0) is 17.8 Å². The Bertz CT molecular complexity index is 557. The second-order valence-corrected chi connectivity index (χ2v) is 4.86. The molecule has 1 aromatic heterocycles. The molecule has 0 saturated heterocycles. The molecule has 3 nitrogen and oxygen atoms in total. The van der Waals surface area contributed by atoms with E-state index in [1.807, 2.05) is 6.20 Å². The fourth-order valence-corrected chi connectivity index (χ4v) is 2.37. The highest BCUT2D eigenvalue weighted by Crippen LogP contribution is 2.20. The summed E-state index contributed by atoms with van der Waals surface area (Å²) in [6, 6.07) is 8.38. The second kappa shape index (κ2) is 6.41. The Morgan fingerprint density at radius 2 is 2.11 bits per heavy atom. The number of unbranched alkanes of at least 4 members (excludes halogenated alkanes) is 1. The van der Waals surface area contributed by atoms with Crippen LogP contribution in [0.5, 0.6) is 0 Å². The van der Waals surface area contributed by atoms with Crippen molar-refractivity contribution in [3.8, 4) is 0 Å². The summed E-state index contributed by atoms with van der Waals surface area (Å²) in [4.78, 5) is 11.9. The molecule has 102 valence electrons. The molecule has 1 aromatic carbocycles. The van der Waals surface area contributed by atoms with Crippen molar-refractivity contribution in [2.24, 2.45) is 0 Å². The lowest BCUT2D eigenvalue weighted by Gasteiger charge is -2.09. The average Bonchev–Trinajstić information content (AvgIpc) is 2.82. The zero-order chi connectivity index (χ0) is 13.7. The largest absolute Gasteiger partial charge is 0.355 e. The van der Waals surface area contributed by atoms with Gasteiger partial charge in [-0.25, -0.2) is 0 Å². The van der Waals surface area contributed by atoms with Crippen molar-refractivity contribution >= 4 is 16.8 Å². The molecule has 1 N–H and O–H groups in total. The fourth-order valence-electron chi connectivity index (χ4n) is 2.37. The predicted octanol–water partition coefficient (Wildman–Crippen LogP) is 3.12. The Morgan fingerprint density at radius 3 is 2.84 bits per heavy atom. The molecule has 0 fully saturated rings. The number of nitrogens with one attached hydrogen (secondary N) is 1. The highest BCUT2D eigenvalue weighted by molar-refractivity contribution is 5.85. The zero-order valence-electron chi connectivity index (χ0n) is 11.8. The van der Waals surface area contributed by atoms with Gasteiger partial charge in [0.15, 0.2) is 0 Å². The molecule has 0 atom stereocenters. The molecule has 0 saturated carbocycles. The van der Waals surface area contributed by atoms with Gasteiger partial charge >= 0.3 is 0 Å². The van der Waals surface area contributed by atoms with Crippen molar-refractivity contribution in [2.75, 3.05) is 6.54 Å². The summed E-state index contributed by atoms with van der Waals surface area (Å²) in [7, 11) is 0. The minimum Gasteiger partial charge on any atom is -0.355 e. The molecule has 0 spiro atoms. The Labute approximate surface area is 114 Å². The Morgan fingerprint density at radius 1 is 1.26 bits per heavy atom. The SMILES string of the molecule is CCCCNC(=O)Cn1ccc2cccc(CC)c21. The third-order valence-electron chi connectivity index (χ3n) is 3.42. The average molecular weight is 258 g/mol. The third-order valence-corrected chi connectivity index (χ3v) is 3.42. The topological polar surface area (TPSA) is 34.0 Å². The van der Waals surface area contributed by atoms with E-state index in [-0.39, 0.29) is 5.91 Å². The molecule has 19 heavy (non-hydrogen) atoms. The first-order valence-electron chi connectivity index (χ1n) is 7.09. The Hall–Kier alpha value is -1.77. The molecule has 2 rings (SSSR count). The number of carbonyl (C=O) groups is 1. The maximum atomic E-state index is 11.9. The first-order chi connectivity index (χ1) is 9.26. The Balaban J connectivity index is 2.14. The zero-order valence-corrected chi connectivity index (χ0v) is 11.8. The standard InChI is InChI=1S/C16H22N2O/c1-3-5-10-17-15(19)12-18-11-9-14-8-6-7-13(4-2)16(14)18/h6-9,11H,3-5,10,12H2,1-2H3,(H,17,19). The van der Waals surface area contributed by atoms with Crippen LogP contribution in [0.2, 0.25) is 0 Å². The van der Waals surface area contributed by atoms with E-state index < -0.39 is 0 Å². The maximum Gasteiger partial charge on any atom is 0.239 e. The summed E-state index contributed by atoms with van der Waals surface area (Å²) in [5.41, 5.74) is 2.49. The summed E-state index contributed by atoms with van der Waals surface area (Å²) < 4.78 is 2.05. The lowest BCUT2D eigenvalue weighted by atomic mass is 10.1. The van der Waals surface area contributed by atoms with Gasteiger partial charge in [0.05, 0.1) is 5.52 Å². The van der Waals surface area contributed by atoms with Crippen molar-refractivity contribution in [1.82, 2.24) is 9.88 Å². The van der Waals surface area contributed by atoms with E-state index >= 15 is 0 Å². The van der Waals surface area contributed by atoms with Crippen LogP contribution in [0, 0.1) is 0 Å². The molecule has 0 unspecified atom stereocenters. The van der Waals surface area contributed by atoms with Crippen LogP contribution in [0.15, 0.2) is 30.5 Å².